The lowest BCUT2D eigenvalue weighted by molar-refractivity contribution is -0.137. The Hall–Kier alpha value is -1.10. The lowest BCUT2D eigenvalue weighted by Crippen LogP contribution is -2.35. The molecule has 14 heavy (non-hydrogen) atoms. The van der Waals surface area contributed by atoms with E-state index in [1.807, 2.05) is 6.92 Å². The van der Waals surface area contributed by atoms with Gasteiger partial charge in [-0.15, -0.1) is 0 Å². The van der Waals surface area contributed by atoms with Gasteiger partial charge in [-0.05, 0) is 19.8 Å². The van der Waals surface area contributed by atoms with Crippen molar-refractivity contribution in [1.82, 2.24) is 5.32 Å². The summed E-state index contributed by atoms with van der Waals surface area (Å²) in [6, 6.07) is -0.00278. The van der Waals surface area contributed by atoms with Crippen LogP contribution in [0.2, 0.25) is 0 Å². The van der Waals surface area contributed by atoms with Crippen LogP contribution >= 0.6 is 0 Å². The molecule has 0 spiro atoms. The lowest BCUT2D eigenvalue weighted by atomic mass is 10.1. The van der Waals surface area contributed by atoms with Crippen LogP contribution in [0.15, 0.2) is 0 Å². The summed E-state index contributed by atoms with van der Waals surface area (Å²) >= 11 is 0. The minimum absolute atomic E-state index is 0.00278. The van der Waals surface area contributed by atoms with Crippen LogP contribution in [-0.4, -0.2) is 36.7 Å². The SMILES string of the molecule is COCC(=O)NC(C)CCCC(=O)O. The molecule has 5 heteroatoms. The molecule has 1 amide bonds. The van der Waals surface area contributed by atoms with Crippen molar-refractivity contribution in [3.63, 3.8) is 0 Å². The zero-order valence-electron chi connectivity index (χ0n) is 8.58. The molecule has 0 heterocycles. The molecule has 82 valence electrons. The minimum atomic E-state index is -0.805. The summed E-state index contributed by atoms with van der Waals surface area (Å²) < 4.78 is 4.64. The van der Waals surface area contributed by atoms with E-state index in [2.05, 4.69) is 10.1 Å². The van der Waals surface area contributed by atoms with Crippen molar-refractivity contribution in [2.75, 3.05) is 13.7 Å². The number of carbonyl (C=O) groups is 2. The van der Waals surface area contributed by atoms with Gasteiger partial charge in [0.15, 0.2) is 0 Å². The van der Waals surface area contributed by atoms with Gasteiger partial charge in [0.1, 0.15) is 6.61 Å². The van der Waals surface area contributed by atoms with E-state index < -0.39 is 5.97 Å². The molecule has 1 unspecified atom stereocenters. The summed E-state index contributed by atoms with van der Waals surface area (Å²) in [6.07, 6.45) is 1.38. The monoisotopic (exact) mass is 203 g/mol. The molecule has 2 N–H and O–H groups in total. The van der Waals surface area contributed by atoms with Crippen LogP contribution in [0.5, 0.6) is 0 Å². The van der Waals surface area contributed by atoms with Gasteiger partial charge >= 0.3 is 5.97 Å². The van der Waals surface area contributed by atoms with Gasteiger partial charge in [-0.2, -0.15) is 0 Å². The molecule has 0 rings (SSSR count). The second-order valence-corrected chi connectivity index (χ2v) is 3.19. The molecule has 5 nitrogen and oxygen atoms in total. The highest BCUT2D eigenvalue weighted by Gasteiger charge is 2.07. The molecule has 0 aliphatic heterocycles. The fraction of sp³-hybridized carbons (Fsp3) is 0.778. The Morgan fingerprint density at radius 2 is 2.14 bits per heavy atom. The number of carbonyl (C=O) groups excluding carboxylic acids is 1. The van der Waals surface area contributed by atoms with E-state index in [-0.39, 0.29) is 25.0 Å². The minimum Gasteiger partial charge on any atom is -0.481 e. The van der Waals surface area contributed by atoms with E-state index in [9.17, 15) is 9.59 Å². The molecule has 0 saturated carbocycles. The fourth-order valence-corrected chi connectivity index (χ4v) is 1.08. The van der Waals surface area contributed by atoms with E-state index >= 15 is 0 Å². The quantitative estimate of drug-likeness (QED) is 0.627. The summed E-state index contributed by atoms with van der Waals surface area (Å²) in [5.41, 5.74) is 0. The van der Waals surface area contributed by atoms with E-state index in [1.54, 1.807) is 0 Å². The topological polar surface area (TPSA) is 75.6 Å². The zero-order valence-corrected chi connectivity index (χ0v) is 8.58. The van der Waals surface area contributed by atoms with Crippen LogP contribution in [0.1, 0.15) is 26.2 Å². The highest BCUT2D eigenvalue weighted by Crippen LogP contribution is 2.00. The molecule has 0 aliphatic rings. The van der Waals surface area contributed by atoms with Crippen molar-refractivity contribution in [2.24, 2.45) is 0 Å². The van der Waals surface area contributed by atoms with Crippen LogP contribution in [0, 0.1) is 0 Å². The maximum absolute atomic E-state index is 11.0. The maximum Gasteiger partial charge on any atom is 0.303 e. The van der Waals surface area contributed by atoms with E-state index in [0.717, 1.165) is 0 Å². The van der Waals surface area contributed by atoms with E-state index in [0.29, 0.717) is 12.8 Å². The van der Waals surface area contributed by atoms with Gasteiger partial charge in [0, 0.05) is 19.6 Å². The van der Waals surface area contributed by atoms with Crippen molar-refractivity contribution >= 4 is 11.9 Å². The Bertz CT molecular complexity index is 193. The van der Waals surface area contributed by atoms with Crippen LogP contribution in [0.4, 0.5) is 0 Å². The molecule has 0 aromatic rings. The first-order valence-corrected chi connectivity index (χ1v) is 4.56. The first-order valence-electron chi connectivity index (χ1n) is 4.56. The van der Waals surface area contributed by atoms with Crippen molar-refractivity contribution in [3.8, 4) is 0 Å². The van der Waals surface area contributed by atoms with Crippen LogP contribution in [0.25, 0.3) is 0 Å². The Morgan fingerprint density at radius 1 is 1.50 bits per heavy atom. The number of methoxy groups -OCH3 is 1. The second kappa shape index (κ2) is 7.32. The third kappa shape index (κ3) is 7.54. The number of amides is 1. The van der Waals surface area contributed by atoms with E-state index in [1.165, 1.54) is 7.11 Å². The average molecular weight is 203 g/mol. The Balaban J connectivity index is 3.49. The Labute approximate surface area is 83.4 Å². The number of rotatable bonds is 7. The van der Waals surface area contributed by atoms with Crippen LogP contribution in [-0.2, 0) is 14.3 Å². The molecule has 0 fully saturated rings. The predicted molar refractivity (Wildman–Crippen MR) is 51.0 cm³/mol. The third-order valence-electron chi connectivity index (χ3n) is 1.71. The standard InChI is InChI=1S/C9H17NO4/c1-7(4-3-5-9(12)13)10-8(11)6-14-2/h7H,3-6H2,1-2H3,(H,10,11)(H,12,13). The summed E-state index contributed by atoms with van der Waals surface area (Å²) in [7, 11) is 1.45. The number of ether oxygens (including phenoxy) is 1. The highest BCUT2D eigenvalue weighted by molar-refractivity contribution is 5.77. The van der Waals surface area contributed by atoms with Crippen LogP contribution in [0.3, 0.4) is 0 Å². The Kier molecular flexibility index (Phi) is 6.74. The number of carboxylic acids is 1. The Morgan fingerprint density at radius 3 is 2.64 bits per heavy atom. The van der Waals surface area contributed by atoms with E-state index in [4.69, 9.17) is 5.11 Å². The van der Waals surface area contributed by atoms with Gasteiger partial charge in [0.25, 0.3) is 0 Å². The summed E-state index contributed by atoms with van der Waals surface area (Å²) in [4.78, 5) is 21.2. The molecular formula is C9H17NO4. The smallest absolute Gasteiger partial charge is 0.303 e. The predicted octanol–water partition coefficient (Wildman–Crippen LogP) is 0.392. The van der Waals surface area contributed by atoms with Crippen molar-refractivity contribution in [2.45, 2.75) is 32.2 Å². The van der Waals surface area contributed by atoms with Crippen molar-refractivity contribution < 1.29 is 19.4 Å². The molecule has 0 bridgehead atoms. The summed E-state index contributed by atoms with van der Waals surface area (Å²) in [5, 5.41) is 11.1. The molecular weight excluding hydrogens is 186 g/mol. The second-order valence-electron chi connectivity index (χ2n) is 3.19. The van der Waals surface area contributed by atoms with Gasteiger partial charge < -0.3 is 15.2 Å². The molecule has 0 aliphatic carbocycles. The first-order chi connectivity index (χ1) is 6.56. The largest absolute Gasteiger partial charge is 0.481 e. The summed E-state index contributed by atoms with van der Waals surface area (Å²) in [6.45, 7) is 1.89. The van der Waals surface area contributed by atoms with Crippen molar-refractivity contribution in [1.29, 1.82) is 0 Å². The maximum atomic E-state index is 11.0. The molecule has 0 aromatic carbocycles. The molecule has 1 atom stereocenters. The van der Waals surface area contributed by atoms with Gasteiger partial charge in [-0.1, -0.05) is 0 Å². The number of hydrogen-bond donors (Lipinski definition) is 2. The van der Waals surface area contributed by atoms with Gasteiger partial charge in [0.05, 0.1) is 0 Å². The fourth-order valence-electron chi connectivity index (χ4n) is 1.08. The molecule has 0 aromatic heterocycles. The number of carboxylic acid groups (broad SMARTS) is 1. The molecule has 0 radical (unpaired) electrons. The highest BCUT2D eigenvalue weighted by atomic mass is 16.5. The lowest BCUT2D eigenvalue weighted by Gasteiger charge is -2.12. The summed E-state index contributed by atoms with van der Waals surface area (Å²) in [5.74, 6) is -0.976. The average Bonchev–Trinajstić information content (AvgIpc) is 2.03. The van der Waals surface area contributed by atoms with Gasteiger partial charge in [0.2, 0.25) is 5.91 Å². The number of nitrogens with one attached hydrogen (secondary N) is 1. The van der Waals surface area contributed by atoms with Crippen LogP contribution < -0.4 is 5.32 Å². The normalized spacial score (nSPS) is 12.1. The first kappa shape index (κ1) is 12.9. The van der Waals surface area contributed by atoms with Crippen molar-refractivity contribution in [3.05, 3.63) is 0 Å². The zero-order chi connectivity index (χ0) is 11.0. The van der Waals surface area contributed by atoms with Gasteiger partial charge in [-0.3, -0.25) is 9.59 Å². The van der Waals surface area contributed by atoms with Gasteiger partial charge in [-0.25, -0.2) is 0 Å². The third-order valence-corrected chi connectivity index (χ3v) is 1.71. The molecule has 0 saturated heterocycles. The number of aliphatic carboxylic acids is 1. The number of hydrogen-bond acceptors (Lipinski definition) is 3.